The van der Waals surface area contributed by atoms with E-state index < -0.39 is 6.10 Å². The number of benzene rings is 1. The summed E-state index contributed by atoms with van der Waals surface area (Å²) < 4.78 is 5.59. The summed E-state index contributed by atoms with van der Waals surface area (Å²) in [5.41, 5.74) is 0. The van der Waals surface area contributed by atoms with Gasteiger partial charge in [0.2, 0.25) is 5.13 Å². The highest BCUT2D eigenvalue weighted by Gasteiger charge is 2.18. The van der Waals surface area contributed by atoms with E-state index in [2.05, 4.69) is 29.4 Å². The molecule has 0 unspecified atom stereocenters. The van der Waals surface area contributed by atoms with Gasteiger partial charge >= 0.3 is 0 Å². The van der Waals surface area contributed by atoms with Crippen LogP contribution in [0.3, 0.4) is 0 Å². The van der Waals surface area contributed by atoms with Gasteiger partial charge in [-0.3, -0.25) is 10.1 Å². The van der Waals surface area contributed by atoms with Crippen LogP contribution in [-0.2, 0) is 4.79 Å². The van der Waals surface area contributed by atoms with Gasteiger partial charge in [0.15, 0.2) is 6.10 Å². The molecule has 1 aromatic carbocycles. The van der Waals surface area contributed by atoms with E-state index in [1.54, 1.807) is 6.92 Å². The number of ether oxygens (including phenoxy) is 1. The molecule has 22 heavy (non-hydrogen) atoms. The van der Waals surface area contributed by atoms with E-state index in [9.17, 15) is 4.79 Å². The molecule has 2 rings (SSSR count). The number of carbonyl (C=O) groups excluding carboxylic acids is 1. The summed E-state index contributed by atoms with van der Waals surface area (Å²) in [5.74, 6) is 0.806. The molecule has 0 fully saturated rings. The van der Waals surface area contributed by atoms with Crippen molar-refractivity contribution in [1.29, 1.82) is 0 Å². The molecule has 2 atom stereocenters. The zero-order valence-electron chi connectivity index (χ0n) is 13.1. The highest BCUT2D eigenvalue weighted by Crippen LogP contribution is 2.26. The Morgan fingerprint density at radius 3 is 2.68 bits per heavy atom. The number of nitrogens with zero attached hydrogens (tertiary/aromatic N) is 2. The molecule has 0 spiro atoms. The molecule has 6 heteroatoms. The fraction of sp³-hybridized carbons (Fsp3) is 0.438. The van der Waals surface area contributed by atoms with E-state index in [1.807, 2.05) is 30.3 Å². The zero-order chi connectivity index (χ0) is 15.9. The van der Waals surface area contributed by atoms with Crippen LogP contribution < -0.4 is 10.1 Å². The Kier molecular flexibility index (Phi) is 5.89. The lowest BCUT2D eigenvalue weighted by molar-refractivity contribution is -0.122. The summed E-state index contributed by atoms with van der Waals surface area (Å²) in [7, 11) is 0. The van der Waals surface area contributed by atoms with E-state index in [0.29, 0.717) is 16.8 Å². The molecule has 5 nitrogen and oxygen atoms in total. The second-order valence-electron chi connectivity index (χ2n) is 5.20. The second-order valence-corrected chi connectivity index (χ2v) is 6.21. The summed E-state index contributed by atoms with van der Waals surface area (Å²) in [6.07, 6.45) is 1.57. The number of anilines is 1. The zero-order valence-corrected chi connectivity index (χ0v) is 13.9. The quantitative estimate of drug-likeness (QED) is 0.842. The van der Waals surface area contributed by atoms with E-state index in [-0.39, 0.29) is 5.91 Å². The lowest BCUT2D eigenvalue weighted by atomic mass is 10.1. The molecule has 0 bridgehead atoms. The molecule has 1 heterocycles. The topological polar surface area (TPSA) is 64.1 Å². The van der Waals surface area contributed by atoms with Crippen molar-refractivity contribution < 1.29 is 9.53 Å². The van der Waals surface area contributed by atoms with Crippen molar-refractivity contribution in [3.63, 3.8) is 0 Å². The first-order chi connectivity index (χ1) is 10.6. The maximum Gasteiger partial charge on any atom is 0.266 e. The van der Waals surface area contributed by atoms with Crippen molar-refractivity contribution in [3.05, 3.63) is 35.3 Å². The van der Waals surface area contributed by atoms with Crippen LogP contribution >= 0.6 is 11.3 Å². The monoisotopic (exact) mass is 319 g/mol. The van der Waals surface area contributed by atoms with Gasteiger partial charge in [0.25, 0.3) is 5.91 Å². The van der Waals surface area contributed by atoms with E-state index >= 15 is 0 Å². The van der Waals surface area contributed by atoms with Crippen LogP contribution in [0.5, 0.6) is 5.75 Å². The fourth-order valence-corrected chi connectivity index (χ4v) is 2.84. The summed E-state index contributed by atoms with van der Waals surface area (Å²) in [6.45, 7) is 5.98. The van der Waals surface area contributed by atoms with Crippen molar-refractivity contribution in [2.75, 3.05) is 5.32 Å². The van der Waals surface area contributed by atoms with Gasteiger partial charge in [-0.1, -0.05) is 49.8 Å². The van der Waals surface area contributed by atoms with Gasteiger partial charge in [0.1, 0.15) is 10.8 Å². The average molecular weight is 319 g/mol. The average Bonchev–Trinajstić information content (AvgIpc) is 2.97. The first kappa shape index (κ1) is 16.4. The molecule has 0 saturated carbocycles. The Labute approximate surface area is 134 Å². The third-order valence-electron chi connectivity index (χ3n) is 3.24. The minimum atomic E-state index is -0.595. The van der Waals surface area contributed by atoms with Crippen LogP contribution in [0.4, 0.5) is 5.13 Å². The number of rotatable bonds is 7. The Bertz CT molecular complexity index is 600. The first-order valence-corrected chi connectivity index (χ1v) is 8.27. The van der Waals surface area contributed by atoms with Gasteiger partial charge in [-0.05, 0) is 25.5 Å². The minimum absolute atomic E-state index is 0.227. The lowest BCUT2D eigenvalue weighted by Gasteiger charge is -2.13. The second kappa shape index (κ2) is 7.89. The van der Waals surface area contributed by atoms with Crippen molar-refractivity contribution in [2.24, 2.45) is 0 Å². The minimum Gasteiger partial charge on any atom is -0.481 e. The Morgan fingerprint density at radius 2 is 2.00 bits per heavy atom. The highest BCUT2D eigenvalue weighted by molar-refractivity contribution is 7.15. The summed E-state index contributed by atoms with van der Waals surface area (Å²) in [6, 6.07) is 9.27. The number of hydrogen-bond acceptors (Lipinski definition) is 5. The molecule has 0 aliphatic rings. The van der Waals surface area contributed by atoms with Gasteiger partial charge in [-0.2, -0.15) is 0 Å². The molecule has 118 valence electrons. The Morgan fingerprint density at radius 1 is 1.27 bits per heavy atom. The summed E-state index contributed by atoms with van der Waals surface area (Å²) >= 11 is 1.42. The fourth-order valence-electron chi connectivity index (χ4n) is 2.00. The van der Waals surface area contributed by atoms with Gasteiger partial charge in [0, 0.05) is 5.92 Å². The predicted octanol–water partition coefficient (Wildman–Crippen LogP) is 3.85. The van der Waals surface area contributed by atoms with Gasteiger partial charge in [-0.25, -0.2) is 0 Å². The molecule has 2 aromatic rings. The number of para-hydroxylation sites is 1. The third kappa shape index (κ3) is 4.53. The van der Waals surface area contributed by atoms with Crippen LogP contribution in [-0.4, -0.2) is 22.2 Å². The molecular weight excluding hydrogens is 298 g/mol. The van der Waals surface area contributed by atoms with Crippen LogP contribution in [0.15, 0.2) is 30.3 Å². The van der Waals surface area contributed by atoms with Crippen molar-refractivity contribution in [1.82, 2.24) is 10.2 Å². The van der Waals surface area contributed by atoms with Crippen LogP contribution in [0.25, 0.3) is 0 Å². The SMILES string of the molecule is CCC[C@@H](C)c1nnc(NC(=O)[C@H](C)Oc2ccccc2)s1. The van der Waals surface area contributed by atoms with Crippen molar-refractivity contribution >= 4 is 22.4 Å². The van der Waals surface area contributed by atoms with Crippen LogP contribution in [0.1, 0.15) is 44.5 Å². The van der Waals surface area contributed by atoms with E-state index in [0.717, 1.165) is 17.8 Å². The molecule has 1 N–H and O–H groups in total. The molecule has 0 aliphatic carbocycles. The van der Waals surface area contributed by atoms with Crippen molar-refractivity contribution in [3.8, 4) is 5.75 Å². The normalized spacial score (nSPS) is 13.4. The maximum atomic E-state index is 12.1. The van der Waals surface area contributed by atoms with E-state index in [4.69, 9.17) is 4.74 Å². The molecule has 0 aliphatic heterocycles. The van der Waals surface area contributed by atoms with Gasteiger partial charge in [-0.15, -0.1) is 10.2 Å². The van der Waals surface area contributed by atoms with E-state index in [1.165, 1.54) is 11.3 Å². The molecular formula is C16H21N3O2S. The largest absolute Gasteiger partial charge is 0.481 e. The first-order valence-electron chi connectivity index (χ1n) is 7.46. The molecule has 0 radical (unpaired) electrons. The Hall–Kier alpha value is -1.95. The summed E-state index contributed by atoms with van der Waals surface area (Å²) in [4.78, 5) is 12.1. The van der Waals surface area contributed by atoms with Crippen LogP contribution in [0, 0.1) is 0 Å². The highest BCUT2D eigenvalue weighted by atomic mass is 32.1. The number of nitrogens with one attached hydrogen (secondary N) is 1. The summed E-state index contributed by atoms with van der Waals surface area (Å²) in [5, 5.41) is 12.4. The van der Waals surface area contributed by atoms with Crippen LogP contribution in [0.2, 0.25) is 0 Å². The molecule has 1 aromatic heterocycles. The van der Waals surface area contributed by atoms with Gasteiger partial charge < -0.3 is 4.74 Å². The van der Waals surface area contributed by atoms with Crippen molar-refractivity contribution in [2.45, 2.75) is 45.6 Å². The maximum absolute atomic E-state index is 12.1. The predicted molar refractivity (Wildman–Crippen MR) is 88.4 cm³/mol. The third-order valence-corrected chi connectivity index (χ3v) is 4.31. The lowest BCUT2D eigenvalue weighted by Crippen LogP contribution is -2.30. The number of aromatic nitrogens is 2. The smallest absolute Gasteiger partial charge is 0.266 e. The number of carbonyl (C=O) groups is 1. The van der Waals surface area contributed by atoms with Gasteiger partial charge in [0.05, 0.1) is 0 Å². The standard InChI is InChI=1S/C16H21N3O2S/c1-4-8-11(2)15-18-19-16(22-15)17-14(20)12(3)21-13-9-6-5-7-10-13/h5-7,9-12H,4,8H2,1-3H3,(H,17,19,20)/t11-,12+/m1/s1. The Balaban J connectivity index is 1.91. The molecule has 0 saturated heterocycles. The molecule has 1 amide bonds. The number of amides is 1. The number of hydrogen-bond donors (Lipinski definition) is 1.